The molecule has 0 aromatic carbocycles. The van der Waals surface area contributed by atoms with Crippen molar-refractivity contribution in [1.29, 1.82) is 0 Å². The Kier molecular flexibility index (Phi) is 55.3. The van der Waals surface area contributed by atoms with E-state index in [1.165, 1.54) is 4.90 Å². The number of likely N-dealkylation sites (N-methyl/N-ethyl adjacent to an activating group) is 2. The fraction of sp³-hybridized carbons (Fsp3) is 0.917. The lowest BCUT2D eigenvalue weighted by molar-refractivity contribution is -0.143. The average Bonchev–Trinajstić information content (AvgIpc) is 0.787. The minimum Gasteiger partial charge on any atom is -0.447 e. The summed E-state index contributed by atoms with van der Waals surface area (Å²) in [6.45, 7) is 31.7. The molecule has 8 heterocycles. The molecule has 139 heavy (non-hydrogen) atoms. The lowest BCUT2D eigenvalue weighted by Gasteiger charge is -2.44. The van der Waals surface area contributed by atoms with Gasteiger partial charge in [0.2, 0.25) is 17.7 Å². The summed E-state index contributed by atoms with van der Waals surface area (Å²) in [5.41, 5.74) is 21.1. The maximum Gasteiger partial charge on any atom is 0.409 e. The van der Waals surface area contributed by atoms with Crippen LogP contribution < -0.4 is 38.9 Å². The number of ketones is 1. The summed E-state index contributed by atoms with van der Waals surface area (Å²) in [6, 6.07) is -0.319. The Morgan fingerprint density at radius 3 is 1.17 bits per heavy atom. The molecule has 49 nitrogen and oxygen atoms in total. The van der Waals surface area contributed by atoms with E-state index in [-0.39, 0.29) is 174 Å². The summed E-state index contributed by atoms with van der Waals surface area (Å²) in [6.07, 6.45) is 1.13. The number of aliphatic hydroxyl groups excluding tert-OH is 1. The Hall–Kier alpha value is -3.81. The van der Waals surface area contributed by atoms with Crippen LogP contribution >= 0.6 is 45.9 Å². The quantitative estimate of drug-likeness (QED) is 0.0187. The van der Waals surface area contributed by atoms with Gasteiger partial charge in [-0.3, -0.25) is 56.6 Å². The van der Waals surface area contributed by atoms with Crippen molar-refractivity contribution in [2.75, 3.05) is 301 Å². The van der Waals surface area contributed by atoms with Crippen LogP contribution in [-0.2, 0) is 107 Å². The summed E-state index contributed by atoms with van der Waals surface area (Å²) >= 11 is 0. The third kappa shape index (κ3) is 40.0. The molecule has 0 spiro atoms. The number of hydrogen-bond donors (Lipinski definition) is 8. The third-order valence-corrected chi connectivity index (χ3v) is 39.5. The first kappa shape index (κ1) is 126. The zero-order chi connectivity index (χ0) is 104. The van der Waals surface area contributed by atoms with Gasteiger partial charge in [-0.25, -0.2) is 56.2 Å². The standard InChI is InChI=1S/C27H58N7O11P3.C23H49N5O7P2.C18H38N7O4P.C16H31N5O3/c1-9-41-46(37,22-28-4)33-16-23(2)44-25(18-33)20-43-48(39,30(7)8)34-17-24(3)45-26(19-34)21-42-47(38,29(5)6)32-12-10-31(11-13-32)27(36)40-15-14-35;1-18-10-26(9)14-22(34-18)16-31-37(30,25(7)8)28-13-21(4)35-23(15-28)17-32-36(29,24(5)6)27-11-19(2)33-20(3)12-27;1-5-29-30(28,23(3)4)25-13-11-24(12-14-25)17(27)9-8-16(26)15(21-2)7-6-10-22-18(19)20;1-4-13(6-5-7-19-16(17)18)15(23)20-8-14(22)21-9-11(2)24-12(3)10-21/h23-26,28,35H,9-22H2,1-8H3;18-23H,10-17H2,1-9H3;15,21H,5-14H2,1-4H3,(H4,19,20,22);11-13H,4-10H2,1-3H3,(H,20,23)(H4,17,18,19). The van der Waals surface area contributed by atoms with Crippen LogP contribution in [0.5, 0.6) is 0 Å². The summed E-state index contributed by atoms with van der Waals surface area (Å²) in [5, 5.41) is 17.6. The predicted molar refractivity (Wildman–Crippen MR) is 536 cm³/mol. The minimum atomic E-state index is -3.58. The number of aliphatic imine (C=N–C) groups is 2. The molecule has 8 aliphatic rings. The molecule has 812 valence electrons. The third-order valence-electron chi connectivity index (χ3n) is 24.0. The van der Waals surface area contributed by atoms with Gasteiger partial charge >= 0.3 is 44.4 Å². The predicted octanol–water partition coefficient (Wildman–Crippen LogP) is 3.61. The molecular weight excluding hydrogens is 1930 g/mol. The maximum atomic E-state index is 14.5. The Morgan fingerprint density at radius 1 is 0.432 bits per heavy atom. The highest BCUT2D eigenvalue weighted by Gasteiger charge is 2.49. The topological polar surface area (TPSA) is 541 Å². The number of nitrogens with zero attached hydrogens (tertiary/aromatic N) is 17. The summed E-state index contributed by atoms with van der Waals surface area (Å²) < 4.78 is 179. The molecule has 8 fully saturated rings. The Labute approximate surface area is 827 Å². The van der Waals surface area contributed by atoms with E-state index in [0.717, 1.165) is 19.5 Å². The van der Waals surface area contributed by atoms with Gasteiger partial charge in [0.25, 0.3) is 7.52 Å². The zero-order valence-corrected chi connectivity index (χ0v) is 92.9. The first-order valence-corrected chi connectivity index (χ1v) is 58.0. The zero-order valence-electron chi connectivity index (χ0n) is 87.5. The Balaban J connectivity index is 0.000000337. The number of hydrogen-bond acceptors (Lipinski definition) is 30. The molecule has 55 heteroatoms. The summed E-state index contributed by atoms with van der Waals surface area (Å²) in [5.74, 6) is -0.250. The van der Waals surface area contributed by atoms with E-state index in [9.17, 15) is 51.4 Å². The number of ether oxygens (including phenoxy) is 7. The van der Waals surface area contributed by atoms with Crippen LogP contribution in [0.3, 0.4) is 0 Å². The minimum absolute atomic E-state index is 0.00245. The second-order valence-electron chi connectivity index (χ2n) is 37.3. The monoisotopic (exact) mass is 2110 g/mol. The van der Waals surface area contributed by atoms with Gasteiger partial charge in [-0.15, -0.1) is 0 Å². The van der Waals surface area contributed by atoms with Crippen molar-refractivity contribution in [3.63, 3.8) is 0 Å². The number of guanidine groups is 2. The van der Waals surface area contributed by atoms with Crippen LogP contribution in [-0.4, -0.2) is 498 Å². The SMILES string of the molecule is CC1CN(P(=O)(OCC2CN(P(=O)(OCC3CN(C)CC(C)O3)N(C)C)CC(C)O2)N(C)C)CC(C)O1.CCC(CCCN=C(N)N)C(=O)NCC(=O)N1CC(C)OC(C)C1.CCOP(=O)(CNC)N1CC(C)OC(COP(=O)(N(C)C)N2CC(C)OC(COP(=O)(N(C)C)N3CCN(C(=O)OCCO)CC3)C2)C1.CCOP(=O)(N(C)C)N1CCN(C(=O)CCC(=O)C(CCCN=C(N)N)NC)CC1. The average molecular weight is 2110 g/mol. The van der Waals surface area contributed by atoms with Gasteiger partial charge in [-0.2, -0.15) is 0 Å². The smallest absolute Gasteiger partial charge is 0.409 e. The second kappa shape index (κ2) is 61.2. The molecule has 8 saturated heterocycles. The molecule has 8 rings (SSSR count). The van der Waals surface area contributed by atoms with Gasteiger partial charge in [-0.1, -0.05) is 6.92 Å². The van der Waals surface area contributed by atoms with E-state index in [4.69, 9.17) is 88.3 Å². The van der Waals surface area contributed by atoms with Gasteiger partial charge in [0.15, 0.2) is 11.9 Å². The number of Topliss-reactive ketones (excluding diaryl/α,β-unsaturated/α-hetero) is 1. The molecule has 20 unspecified atom stereocenters. The molecule has 0 aliphatic carbocycles. The van der Waals surface area contributed by atoms with E-state index in [0.29, 0.717) is 163 Å². The van der Waals surface area contributed by atoms with Crippen molar-refractivity contribution in [3.05, 3.63) is 0 Å². The fourth-order valence-electron chi connectivity index (χ4n) is 17.4. The van der Waals surface area contributed by atoms with Crippen LogP contribution in [0.25, 0.3) is 0 Å². The number of amides is 4. The molecule has 20 atom stereocenters. The molecule has 8 aliphatic heterocycles. The van der Waals surface area contributed by atoms with Crippen molar-refractivity contribution in [2.45, 2.75) is 200 Å². The summed E-state index contributed by atoms with van der Waals surface area (Å²) in [4.78, 5) is 76.6. The number of carbonyl (C=O) groups excluding carboxylic acids is 5. The van der Waals surface area contributed by atoms with Crippen LogP contribution in [0.2, 0.25) is 0 Å². The van der Waals surface area contributed by atoms with E-state index in [1.807, 2.05) is 90.2 Å². The molecular formula is C84H176N24O25P6. The van der Waals surface area contributed by atoms with E-state index in [1.54, 1.807) is 132 Å². The lowest BCUT2D eigenvalue weighted by Crippen LogP contribution is -2.51. The number of piperazine rings is 2. The van der Waals surface area contributed by atoms with Crippen LogP contribution in [0.4, 0.5) is 4.79 Å². The highest BCUT2D eigenvalue weighted by molar-refractivity contribution is 7.56. The largest absolute Gasteiger partial charge is 0.447 e. The maximum absolute atomic E-state index is 14.5. The second-order valence-corrected chi connectivity index (χ2v) is 52.7. The Morgan fingerprint density at radius 2 is 0.791 bits per heavy atom. The van der Waals surface area contributed by atoms with Crippen molar-refractivity contribution < 1.29 is 117 Å². The molecule has 4 amide bonds. The van der Waals surface area contributed by atoms with Crippen LogP contribution in [0, 0.1) is 5.92 Å². The lowest BCUT2D eigenvalue weighted by atomic mass is 9.99. The van der Waals surface area contributed by atoms with E-state index < -0.39 is 70.3 Å². The van der Waals surface area contributed by atoms with E-state index >= 15 is 0 Å². The molecule has 0 aromatic heterocycles. The van der Waals surface area contributed by atoms with Crippen LogP contribution in [0.1, 0.15) is 121 Å². The van der Waals surface area contributed by atoms with Crippen LogP contribution in [0.15, 0.2) is 9.98 Å². The number of nitrogens with two attached hydrogens (primary N) is 4. The van der Waals surface area contributed by atoms with Gasteiger partial charge in [0, 0.05) is 163 Å². The highest BCUT2D eigenvalue weighted by Crippen LogP contribution is 2.59. The van der Waals surface area contributed by atoms with Crippen molar-refractivity contribution in [2.24, 2.45) is 38.8 Å². The first-order valence-electron chi connectivity index (χ1n) is 48.6. The number of nitrogens with one attached hydrogen (secondary N) is 3. The van der Waals surface area contributed by atoms with Crippen molar-refractivity contribution in [1.82, 2.24) is 86.9 Å². The Bertz CT molecular complexity index is 4010. The van der Waals surface area contributed by atoms with Crippen molar-refractivity contribution >= 4 is 87.4 Å². The normalized spacial score (nSPS) is 27.4. The fourth-order valence-corrected chi connectivity index (χ4v) is 29.8. The van der Waals surface area contributed by atoms with E-state index in [2.05, 4.69) is 37.9 Å². The highest BCUT2D eigenvalue weighted by atomic mass is 31.2. The molecule has 12 N–H and O–H groups in total. The molecule has 0 saturated carbocycles. The molecule has 0 radical (unpaired) electrons. The first-order chi connectivity index (χ1) is 65.3. The molecule has 0 aromatic rings. The van der Waals surface area contributed by atoms with Gasteiger partial charge < -0.3 is 124 Å². The van der Waals surface area contributed by atoms with Gasteiger partial charge in [-0.05, 0) is 193 Å². The summed E-state index contributed by atoms with van der Waals surface area (Å²) in [7, 11) is 2.86. The molecule has 0 bridgehead atoms. The van der Waals surface area contributed by atoms with Crippen molar-refractivity contribution in [3.8, 4) is 0 Å². The van der Waals surface area contributed by atoms with Gasteiger partial charge in [0.05, 0.1) is 138 Å². The number of rotatable bonds is 48. The van der Waals surface area contributed by atoms with Gasteiger partial charge in [0.1, 0.15) is 12.4 Å². The number of aliphatic hydroxyl groups is 1. The number of carbonyl (C=O) groups is 5. The number of morpholine rings is 6.